The second-order valence-electron chi connectivity index (χ2n) is 3.23. The average molecular weight is 164 g/mol. The number of rotatable bonds is 1. The minimum Gasteiger partial charge on any atom is -0.393 e. The first-order valence-electron chi connectivity index (χ1n) is 3.76. The summed E-state index contributed by atoms with van der Waals surface area (Å²) >= 11 is 0. The highest BCUT2D eigenvalue weighted by Crippen LogP contribution is 2.35. The molecule has 0 aromatic rings. The Kier molecular flexibility index (Phi) is 2.55. The molecule has 3 heteroatoms. The van der Waals surface area contributed by atoms with Gasteiger partial charge in [-0.05, 0) is 37.8 Å². The molecule has 1 saturated heterocycles. The van der Waals surface area contributed by atoms with Crippen LogP contribution in [-0.4, -0.2) is 24.3 Å². The SMILES string of the molecule is Cl.OC1CCC1C1CNC1. The third kappa shape index (κ3) is 1.16. The highest BCUT2D eigenvalue weighted by atomic mass is 35.5. The van der Waals surface area contributed by atoms with Crippen LogP contribution in [0, 0.1) is 11.8 Å². The summed E-state index contributed by atoms with van der Waals surface area (Å²) < 4.78 is 0. The Morgan fingerprint density at radius 2 is 1.90 bits per heavy atom. The zero-order valence-electron chi connectivity index (χ0n) is 5.92. The third-order valence-electron chi connectivity index (χ3n) is 2.71. The predicted octanol–water partition coefficient (Wildman–Crippen LogP) is 0.398. The lowest BCUT2D eigenvalue weighted by Gasteiger charge is -2.43. The summed E-state index contributed by atoms with van der Waals surface area (Å²) in [5, 5.41) is 12.4. The van der Waals surface area contributed by atoms with Gasteiger partial charge in [0.05, 0.1) is 6.10 Å². The molecule has 2 atom stereocenters. The van der Waals surface area contributed by atoms with Gasteiger partial charge in [-0.1, -0.05) is 0 Å². The Hall–Kier alpha value is 0.210. The van der Waals surface area contributed by atoms with E-state index in [-0.39, 0.29) is 18.5 Å². The molecule has 10 heavy (non-hydrogen) atoms. The zero-order chi connectivity index (χ0) is 6.27. The van der Waals surface area contributed by atoms with Crippen LogP contribution < -0.4 is 5.32 Å². The van der Waals surface area contributed by atoms with Crippen molar-refractivity contribution in [2.45, 2.75) is 18.9 Å². The van der Waals surface area contributed by atoms with Crippen LogP contribution in [0.4, 0.5) is 0 Å². The Bertz CT molecular complexity index is 116. The lowest BCUT2D eigenvalue weighted by molar-refractivity contribution is -0.0236. The van der Waals surface area contributed by atoms with E-state index in [1.54, 1.807) is 0 Å². The summed E-state index contributed by atoms with van der Waals surface area (Å²) in [6.45, 7) is 2.28. The lowest BCUT2D eigenvalue weighted by atomic mass is 9.71. The molecule has 2 unspecified atom stereocenters. The molecule has 1 saturated carbocycles. The maximum Gasteiger partial charge on any atom is 0.0572 e. The number of aliphatic hydroxyl groups excluding tert-OH is 1. The minimum atomic E-state index is 0. The summed E-state index contributed by atoms with van der Waals surface area (Å²) in [4.78, 5) is 0. The third-order valence-corrected chi connectivity index (χ3v) is 2.71. The normalized spacial score (nSPS) is 39.3. The highest BCUT2D eigenvalue weighted by Gasteiger charge is 2.37. The summed E-state index contributed by atoms with van der Waals surface area (Å²) in [6, 6.07) is 0. The smallest absolute Gasteiger partial charge is 0.0572 e. The van der Waals surface area contributed by atoms with Crippen molar-refractivity contribution in [3.8, 4) is 0 Å². The van der Waals surface area contributed by atoms with Crippen molar-refractivity contribution in [1.29, 1.82) is 0 Å². The van der Waals surface area contributed by atoms with Crippen molar-refractivity contribution in [2.75, 3.05) is 13.1 Å². The molecule has 2 rings (SSSR count). The molecule has 2 aliphatic rings. The summed E-state index contributed by atoms with van der Waals surface area (Å²) in [6.07, 6.45) is 2.34. The molecule has 0 aromatic heterocycles. The largest absolute Gasteiger partial charge is 0.393 e. The average Bonchev–Trinajstić information content (AvgIpc) is 1.74. The second-order valence-corrected chi connectivity index (χ2v) is 3.23. The van der Waals surface area contributed by atoms with Crippen molar-refractivity contribution in [3.05, 3.63) is 0 Å². The van der Waals surface area contributed by atoms with Crippen molar-refractivity contribution in [3.63, 3.8) is 0 Å². The predicted molar refractivity (Wildman–Crippen MR) is 42.3 cm³/mol. The monoisotopic (exact) mass is 163 g/mol. The number of hydrogen-bond acceptors (Lipinski definition) is 2. The lowest BCUT2D eigenvalue weighted by Crippen LogP contribution is -2.52. The fourth-order valence-electron chi connectivity index (χ4n) is 1.67. The molecule has 1 aliphatic heterocycles. The van der Waals surface area contributed by atoms with Gasteiger partial charge in [-0.25, -0.2) is 0 Å². The van der Waals surface area contributed by atoms with Gasteiger partial charge in [0, 0.05) is 0 Å². The van der Waals surface area contributed by atoms with E-state index in [2.05, 4.69) is 5.32 Å². The molecule has 0 aromatic carbocycles. The molecular weight excluding hydrogens is 150 g/mol. The van der Waals surface area contributed by atoms with Gasteiger partial charge in [-0.15, -0.1) is 12.4 Å². The topological polar surface area (TPSA) is 32.3 Å². The molecule has 1 heterocycles. The molecular formula is C7H14ClNO. The fourth-order valence-corrected chi connectivity index (χ4v) is 1.67. The molecule has 0 amide bonds. The molecule has 2 N–H and O–H groups in total. The number of halogens is 1. The van der Waals surface area contributed by atoms with E-state index in [1.165, 1.54) is 6.42 Å². The molecule has 0 spiro atoms. The van der Waals surface area contributed by atoms with Gasteiger partial charge in [0.1, 0.15) is 0 Å². The maximum atomic E-state index is 9.22. The van der Waals surface area contributed by atoms with Gasteiger partial charge in [-0.3, -0.25) is 0 Å². The van der Waals surface area contributed by atoms with Crippen LogP contribution in [0.3, 0.4) is 0 Å². The van der Waals surface area contributed by atoms with E-state index < -0.39 is 0 Å². The van der Waals surface area contributed by atoms with E-state index in [1.807, 2.05) is 0 Å². The number of aliphatic hydroxyl groups is 1. The second kappa shape index (κ2) is 3.07. The van der Waals surface area contributed by atoms with Gasteiger partial charge in [0.2, 0.25) is 0 Å². The van der Waals surface area contributed by atoms with Gasteiger partial charge < -0.3 is 10.4 Å². The molecule has 60 valence electrons. The molecule has 2 fully saturated rings. The Balaban J connectivity index is 0.000000500. The van der Waals surface area contributed by atoms with Crippen molar-refractivity contribution in [2.24, 2.45) is 11.8 Å². The van der Waals surface area contributed by atoms with E-state index in [9.17, 15) is 5.11 Å². The van der Waals surface area contributed by atoms with Crippen LogP contribution in [0.2, 0.25) is 0 Å². The van der Waals surface area contributed by atoms with Crippen LogP contribution in [0.15, 0.2) is 0 Å². The van der Waals surface area contributed by atoms with Gasteiger partial charge in [-0.2, -0.15) is 0 Å². The number of hydrogen-bond donors (Lipinski definition) is 2. The molecule has 0 bridgehead atoms. The summed E-state index contributed by atoms with van der Waals surface area (Å²) in [7, 11) is 0. The first-order chi connectivity index (χ1) is 4.38. The van der Waals surface area contributed by atoms with Crippen LogP contribution in [0.1, 0.15) is 12.8 Å². The first kappa shape index (κ1) is 8.31. The molecule has 2 nitrogen and oxygen atoms in total. The maximum absolute atomic E-state index is 9.22. The van der Waals surface area contributed by atoms with Crippen LogP contribution in [0.5, 0.6) is 0 Å². The minimum absolute atomic E-state index is 0. The standard InChI is InChI=1S/C7H13NO.ClH/c9-7-2-1-6(7)5-3-8-4-5;/h5-9H,1-4H2;1H. The van der Waals surface area contributed by atoms with E-state index >= 15 is 0 Å². The van der Waals surface area contributed by atoms with Gasteiger partial charge >= 0.3 is 0 Å². The summed E-state index contributed by atoms with van der Waals surface area (Å²) in [5.74, 6) is 1.44. The molecule has 1 aliphatic carbocycles. The Morgan fingerprint density at radius 1 is 1.20 bits per heavy atom. The van der Waals surface area contributed by atoms with E-state index in [0.29, 0.717) is 5.92 Å². The van der Waals surface area contributed by atoms with Crippen molar-refractivity contribution in [1.82, 2.24) is 5.32 Å². The highest BCUT2D eigenvalue weighted by molar-refractivity contribution is 5.85. The number of nitrogens with one attached hydrogen (secondary N) is 1. The quantitative estimate of drug-likeness (QED) is 0.587. The van der Waals surface area contributed by atoms with Gasteiger partial charge in [0.25, 0.3) is 0 Å². The van der Waals surface area contributed by atoms with E-state index in [4.69, 9.17) is 0 Å². The summed E-state index contributed by atoms with van der Waals surface area (Å²) in [5.41, 5.74) is 0. The van der Waals surface area contributed by atoms with Crippen LogP contribution in [-0.2, 0) is 0 Å². The van der Waals surface area contributed by atoms with E-state index in [0.717, 1.165) is 25.4 Å². The van der Waals surface area contributed by atoms with Crippen molar-refractivity contribution >= 4 is 12.4 Å². The Morgan fingerprint density at radius 3 is 2.00 bits per heavy atom. The zero-order valence-corrected chi connectivity index (χ0v) is 6.73. The van der Waals surface area contributed by atoms with Crippen LogP contribution >= 0.6 is 12.4 Å². The van der Waals surface area contributed by atoms with Crippen molar-refractivity contribution < 1.29 is 5.11 Å². The molecule has 0 radical (unpaired) electrons. The first-order valence-corrected chi connectivity index (χ1v) is 3.76. The fraction of sp³-hybridized carbons (Fsp3) is 1.00. The van der Waals surface area contributed by atoms with Crippen LogP contribution in [0.25, 0.3) is 0 Å². The van der Waals surface area contributed by atoms with Gasteiger partial charge in [0.15, 0.2) is 0 Å². The Labute approximate surface area is 67.4 Å².